The molecule has 0 saturated heterocycles. The quantitative estimate of drug-likeness (QED) is 0.751. The van der Waals surface area contributed by atoms with Crippen molar-refractivity contribution in [3.05, 3.63) is 52.1 Å². The van der Waals surface area contributed by atoms with Crippen LogP contribution in [0.4, 0.5) is 13.2 Å². The van der Waals surface area contributed by atoms with Crippen molar-refractivity contribution < 1.29 is 26.7 Å². The van der Waals surface area contributed by atoms with Crippen LogP contribution >= 0.6 is 22.9 Å². The highest BCUT2D eigenvalue weighted by atomic mass is 35.5. The summed E-state index contributed by atoms with van der Waals surface area (Å²) in [6, 6.07) is 5.36. The third kappa shape index (κ3) is 4.48. The highest BCUT2D eigenvalue weighted by Gasteiger charge is 2.34. The molecule has 2 atom stereocenters. The second-order valence-corrected chi connectivity index (χ2v) is 8.54. The number of aliphatic hydroxyl groups excluding tert-OH is 1. The van der Waals surface area contributed by atoms with Gasteiger partial charge in [-0.3, -0.25) is 0 Å². The maximum Gasteiger partial charge on any atom is 0.250 e. The van der Waals surface area contributed by atoms with E-state index in [4.69, 9.17) is 11.6 Å². The summed E-state index contributed by atoms with van der Waals surface area (Å²) in [4.78, 5) is 0. The smallest absolute Gasteiger partial charge is 0.250 e. The lowest BCUT2D eigenvalue weighted by atomic mass is 9.93. The van der Waals surface area contributed by atoms with E-state index in [2.05, 4.69) is 4.72 Å². The molecule has 2 aromatic rings. The summed E-state index contributed by atoms with van der Waals surface area (Å²) >= 11 is 6.44. The predicted molar refractivity (Wildman–Crippen MR) is 85.7 cm³/mol. The Bertz CT molecular complexity index is 781. The van der Waals surface area contributed by atoms with Crippen LogP contribution in [0, 0.1) is 5.82 Å². The second-order valence-electron chi connectivity index (χ2n) is 4.88. The van der Waals surface area contributed by atoms with Gasteiger partial charge in [-0.1, -0.05) is 23.7 Å². The number of nitrogens with one attached hydrogen (secondary N) is 1. The lowest BCUT2D eigenvalue weighted by molar-refractivity contribution is 0.0837. The van der Waals surface area contributed by atoms with Gasteiger partial charge in [0, 0.05) is 0 Å². The van der Waals surface area contributed by atoms with Crippen LogP contribution in [0.3, 0.4) is 0 Å². The first-order valence-electron chi connectivity index (χ1n) is 6.66. The van der Waals surface area contributed by atoms with Crippen molar-refractivity contribution >= 4 is 33.0 Å². The molecule has 2 rings (SSSR count). The van der Waals surface area contributed by atoms with Gasteiger partial charge in [0.2, 0.25) is 16.4 Å². The number of aliphatic hydroxyl groups is 1. The van der Waals surface area contributed by atoms with Crippen LogP contribution in [0.25, 0.3) is 0 Å². The Morgan fingerprint density at radius 1 is 1.17 bits per heavy atom. The number of sulfonamides is 1. The van der Waals surface area contributed by atoms with E-state index in [1.54, 1.807) is 0 Å². The first kappa shape index (κ1) is 19.2. The summed E-state index contributed by atoms with van der Waals surface area (Å²) in [7, 11) is -4.13. The molecule has 0 spiro atoms. The topological polar surface area (TPSA) is 66.4 Å². The average molecular weight is 400 g/mol. The summed E-state index contributed by atoms with van der Waals surface area (Å²) in [5.74, 6) is -2.25. The average Bonchev–Trinajstić information content (AvgIpc) is 2.95. The van der Waals surface area contributed by atoms with Crippen molar-refractivity contribution in [1.29, 1.82) is 0 Å². The van der Waals surface area contributed by atoms with E-state index in [1.165, 1.54) is 12.1 Å². The minimum absolute atomic E-state index is 0.0114. The largest absolute Gasteiger partial charge is 0.395 e. The Morgan fingerprint density at radius 3 is 2.25 bits per heavy atom. The highest BCUT2D eigenvalue weighted by molar-refractivity contribution is 7.91. The molecular weight excluding hydrogens is 387 g/mol. The zero-order valence-corrected chi connectivity index (χ0v) is 14.4. The van der Waals surface area contributed by atoms with Gasteiger partial charge in [0.1, 0.15) is 10.0 Å². The lowest BCUT2D eigenvalue weighted by Crippen LogP contribution is -2.43. The Morgan fingerprint density at radius 2 is 1.79 bits per heavy atom. The molecule has 24 heavy (non-hydrogen) atoms. The van der Waals surface area contributed by atoms with Gasteiger partial charge in [0.05, 0.1) is 22.9 Å². The molecule has 1 aromatic carbocycles. The van der Waals surface area contributed by atoms with Crippen LogP contribution in [-0.4, -0.2) is 32.6 Å². The maximum atomic E-state index is 13.4. The molecule has 0 saturated carbocycles. The Hall–Kier alpha value is -1.13. The molecule has 0 aliphatic carbocycles. The molecule has 10 heteroatoms. The van der Waals surface area contributed by atoms with E-state index >= 15 is 0 Å². The van der Waals surface area contributed by atoms with Crippen LogP contribution in [-0.2, 0) is 10.0 Å². The zero-order chi connectivity index (χ0) is 17.9. The van der Waals surface area contributed by atoms with Crippen molar-refractivity contribution in [2.45, 2.75) is 22.6 Å². The highest BCUT2D eigenvalue weighted by Crippen LogP contribution is 2.30. The van der Waals surface area contributed by atoms with E-state index in [0.717, 1.165) is 35.6 Å². The van der Waals surface area contributed by atoms with Gasteiger partial charge < -0.3 is 5.11 Å². The van der Waals surface area contributed by atoms with E-state index in [1.807, 2.05) is 0 Å². The van der Waals surface area contributed by atoms with Gasteiger partial charge in [-0.2, -0.15) is 0 Å². The molecular formula is C14H13ClF3NO3S2. The fourth-order valence-corrected chi connectivity index (χ4v) is 4.91. The zero-order valence-electron chi connectivity index (χ0n) is 12.0. The van der Waals surface area contributed by atoms with Crippen molar-refractivity contribution in [2.24, 2.45) is 0 Å². The summed E-state index contributed by atoms with van der Waals surface area (Å²) < 4.78 is 66.5. The molecule has 132 valence electrons. The number of rotatable bonds is 7. The molecule has 0 bridgehead atoms. The molecule has 4 nitrogen and oxygen atoms in total. The van der Waals surface area contributed by atoms with E-state index in [0.29, 0.717) is 0 Å². The number of hydrogen-bond acceptors (Lipinski definition) is 4. The monoisotopic (exact) mass is 399 g/mol. The molecule has 2 N–H and O–H groups in total. The van der Waals surface area contributed by atoms with Gasteiger partial charge in [0.15, 0.2) is 0 Å². The Labute approximate surface area is 145 Å². The van der Waals surface area contributed by atoms with Gasteiger partial charge in [-0.25, -0.2) is 26.3 Å². The van der Waals surface area contributed by atoms with Crippen molar-refractivity contribution in [2.75, 3.05) is 6.61 Å². The predicted octanol–water partition coefficient (Wildman–Crippen LogP) is 3.23. The number of halogens is 4. The Kier molecular flexibility index (Phi) is 6.27. The van der Waals surface area contributed by atoms with E-state index in [-0.39, 0.29) is 14.1 Å². The molecule has 0 aliphatic rings. The van der Waals surface area contributed by atoms with E-state index in [9.17, 15) is 26.7 Å². The van der Waals surface area contributed by atoms with Crippen molar-refractivity contribution in [3.8, 4) is 0 Å². The summed E-state index contributed by atoms with van der Waals surface area (Å²) in [5, 5.41) is 9.42. The second kappa shape index (κ2) is 7.83. The fourth-order valence-electron chi connectivity index (χ4n) is 2.16. The lowest BCUT2D eigenvalue weighted by Gasteiger charge is -2.26. The summed E-state index contributed by atoms with van der Waals surface area (Å²) in [5.41, 5.74) is 0.0114. The molecule has 0 unspecified atom stereocenters. The van der Waals surface area contributed by atoms with Crippen molar-refractivity contribution in [1.82, 2.24) is 4.72 Å². The van der Waals surface area contributed by atoms with E-state index < -0.39 is 40.8 Å². The van der Waals surface area contributed by atoms with Crippen LogP contribution in [0.5, 0.6) is 0 Å². The molecule has 0 radical (unpaired) electrons. The number of hydrogen-bond donors (Lipinski definition) is 2. The van der Waals surface area contributed by atoms with Crippen LogP contribution in [0.15, 0.2) is 40.6 Å². The van der Waals surface area contributed by atoms with Crippen LogP contribution in [0.1, 0.15) is 11.5 Å². The number of thiophene rings is 1. The van der Waals surface area contributed by atoms with Crippen molar-refractivity contribution in [3.63, 3.8) is 0 Å². The fraction of sp³-hybridized carbons (Fsp3) is 0.286. The standard InChI is InChI=1S/C14H13ClF3NO3S2/c15-11-5-6-12(23-11)24(21,22)19-10(7-20)13(14(17)18)8-1-3-9(16)4-2-8/h1-6,10,13-14,19-20H,7H2/t10-,13+/m1/s1. The van der Waals surface area contributed by atoms with Gasteiger partial charge in [-0.05, 0) is 29.8 Å². The number of benzene rings is 1. The first-order chi connectivity index (χ1) is 11.2. The molecule has 0 amide bonds. The molecule has 0 aliphatic heterocycles. The first-order valence-corrected chi connectivity index (χ1v) is 9.34. The summed E-state index contributed by atoms with van der Waals surface area (Å²) in [6.45, 7) is -0.856. The third-order valence-corrected chi connectivity index (χ3v) is 6.49. The summed E-state index contributed by atoms with van der Waals surface area (Å²) in [6.07, 6.45) is -2.97. The normalized spacial score (nSPS) is 14.8. The SMILES string of the molecule is O=S(=O)(N[C@H](CO)[C@H](c1ccc(F)cc1)C(F)F)c1ccc(Cl)s1. The minimum Gasteiger partial charge on any atom is -0.395 e. The van der Waals surface area contributed by atoms with Crippen LogP contribution < -0.4 is 4.72 Å². The molecule has 0 fully saturated rings. The third-order valence-electron chi connectivity index (χ3n) is 3.28. The molecule has 1 heterocycles. The van der Waals surface area contributed by atoms with Crippen LogP contribution in [0.2, 0.25) is 4.34 Å². The van der Waals surface area contributed by atoms with Gasteiger partial charge in [-0.15, -0.1) is 11.3 Å². The van der Waals surface area contributed by atoms with Gasteiger partial charge in [0.25, 0.3) is 0 Å². The molecule has 1 aromatic heterocycles. The van der Waals surface area contributed by atoms with Gasteiger partial charge >= 0.3 is 0 Å². The number of alkyl halides is 2. The minimum atomic E-state index is -4.13. The Balaban J connectivity index is 2.31. The maximum absolute atomic E-state index is 13.4.